The zero-order chi connectivity index (χ0) is 24.7. The predicted octanol–water partition coefficient (Wildman–Crippen LogP) is 4.63. The Morgan fingerprint density at radius 2 is 1.69 bits per heavy atom. The molecule has 0 unspecified atom stereocenters. The molecule has 2 atom stereocenters. The molecule has 182 valence electrons. The van der Waals surface area contributed by atoms with Crippen LogP contribution in [0.1, 0.15) is 47.2 Å². The topological polar surface area (TPSA) is 75.7 Å². The maximum absolute atomic E-state index is 13.6. The third kappa shape index (κ3) is 4.52. The zero-order valence-electron chi connectivity index (χ0n) is 20.2. The molecule has 0 aromatic heterocycles. The lowest BCUT2D eigenvalue weighted by Crippen LogP contribution is -2.51. The van der Waals surface area contributed by atoms with E-state index in [2.05, 4.69) is 23.5 Å². The summed E-state index contributed by atoms with van der Waals surface area (Å²) in [6.07, 6.45) is 2.37. The van der Waals surface area contributed by atoms with Crippen LogP contribution in [0.5, 0.6) is 5.75 Å². The fraction of sp³-hybridized carbons (Fsp3) is 0.321. The highest BCUT2D eigenvalue weighted by Gasteiger charge is 2.38. The summed E-state index contributed by atoms with van der Waals surface area (Å²) in [5, 5.41) is 3.04. The van der Waals surface area contributed by atoms with E-state index < -0.39 is 16.1 Å². The van der Waals surface area contributed by atoms with E-state index in [0.717, 1.165) is 29.5 Å². The van der Waals surface area contributed by atoms with Crippen LogP contribution in [0.3, 0.4) is 0 Å². The number of carbonyl (C=O) groups is 1. The quantitative estimate of drug-likeness (QED) is 0.566. The molecule has 5 rings (SSSR count). The van der Waals surface area contributed by atoms with Crippen LogP contribution in [0.2, 0.25) is 0 Å². The minimum Gasteiger partial charge on any atom is -0.476 e. The first-order valence-corrected chi connectivity index (χ1v) is 13.5. The highest BCUT2D eigenvalue weighted by atomic mass is 32.2. The van der Waals surface area contributed by atoms with Gasteiger partial charge in [-0.1, -0.05) is 42.0 Å². The molecule has 0 bridgehead atoms. The Hall–Kier alpha value is -3.32. The number of nitrogens with zero attached hydrogens (tertiary/aromatic N) is 1. The van der Waals surface area contributed by atoms with Crippen molar-refractivity contribution in [2.75, 3.05) is 10.8 Å². The average molecular weight is 491 g/mol. The molecule has 3 aromatic rings. The lowest BCUT2D eigenvalue weighted by molar-refractivity contribution is -0.128. The van der Waals surface area contributed by atoms with Gasteiger partial charge in [-0.2, -0.15) is 0 Å². The highest BCUT2D eigenvalue weighted by Crippen LogP contribution is 2.38. The molecule has 0 radical (unpaired) electrons. The molecule has 3 aromatic carbocycles. The summed E-state index contributed by atoms with van der Waals surface area (Å²) < 4.78 is 34.5. The van der Waals surface area contributed by atoms with E-state index in [9.17, 15) is 13.2 Å². The zero-order valence-corrected chi connectivity index (χ0v) is 21.1. The Labute approximate surface area is 207 Å². The van der Waals surface area contributed by atoms with Crippen molar-refractivity contribution < 1.29 is 17.9 Å². The molecule has 2 aliphatic rings. The van der Waals surface area contributed by atoms with Gasteiger partial charge in [-0.15, -0.1) is 0 Å². The van der Waals surface area contributed by atoms with E-state index in [0.29, 0.717) is 11.4 Å². The normalized spacial score (nSPS) is 17.8. The van der Waals surface area contributed by atoms with Gasteiger partial charge in [0.2, 0.25) is 0 Å². The largest absolute Gasteiger partial charge is 0.476 e. The molecule has 0 spiro atoms. The fourth-order valence-electron chi connectivity index (χ4n) is 4.81. The SMILES string of the molecule is Cc1ccc(S(=O)(=O)N2C[C@H](C(=O)N[C@H](C)c3ccc4c(c3)CCC4)Oc3cc(C)ccc32)cc1. The molecule has 1 aliphatic heterocycles. The van der Waals surface area contributed by atoms with E-state index in [1.807, 2.05) is 26.8 Å². The maximum Gasteiger partial charge on any atom is 0.264 e. The van der Waals surface area contributed by atoms with Gasteiger partial charge in [-0.05, 0) is 86.6 Å². The van der Waals surface area contributed by atoms with E-state index in [1.165, 1.54) is 21.9 Å². The van der Waals surface area contributed by atoms with Crippen molar-refractivity contribution in [1.29, 1.82) is 0 Å². The van der Waals surface area contributed by atoms with Gasteiger partial charge >= 0.3 is 0 Å². The first kappa shape index (κ1) is 23.4. The molecule has 35 heavy (non-hydrogen) atoms. The van der Waals surface area contributed by atoms with Gasteiger partial charge in [0, 0.05) is 0 Å². The van der Waals surface area contributed by atoms with Gasteiger partial charge in [0.05, 0.1) is 23.2 Å². The minimum absolute atomic E-state index is 0.102. The molecule has 1 N–H and O–H groups in total. The summed E-state index contributed by atoms with van der Waals surface area (Å²) in [4.78, 5) is 13.5. The average Bonchev–Trinajstić information content (AvgIpc) is 3.31. The van der Waals surface area contributed by atoms with Crippen LogP contribution in [0.15, 0.2) is 65.6 Å². The molecule has 0 fully saturated rings. The second-order valence-electron chi connectivity index (χ2n) is 9.54. The predicted molar refractivity (Wildman–Crippen MR) is 136 cm³/mol. The van der Waals surface area contributed by atoms with Crippen LogP contribution >= 0.6 is 0 Å². The smallest absolute Gasteiger partial charge is 0.264 e. The molecule has 1 heterocycles. The van der Waals surface area contributed by atoms with E-state index >= 15 is 0 Å². The van der Waals surface area contributed by atoms with Crippen molar-refractivity contribution in [3.63, 3.8) is 0 Å². The fourth-order valence-corrected chi connectivity index (χ4v) is 6.29. The Morgan fingerprint density at radius 1 is 0.971 bits per heavy atom. The van der Waals surface area contributed by atoms with Crippen LogP contribution in [0.25, 0.3) is 0 Å². The summed E-state index contributed by atoms with van der Waals surface area (Å²) in [6.45, 7) is 5.65. The Bertz CT molecular complexity index is 1380. The number of hydrogen-bond acceptors (Lipinski definition) is 4. The van der Waals surface area contributed by atoms with Gasteiger partial charge < -0.3 is 10.1 Å². The number of ether oxygens (including phenoxy) is 1. The van der Waals surface area contributed by atoms with E-state index in [-0.39, 0.29) is 23.4 Å². The number of hydrogen-bond donors (Lipinski definition) is 1. The Morgan fingerprint density at radius 3 is 2.46 bits per heavy atom. The van der Waals surface area contributed by atoms with Crippen LogP contribution in [-0.2, 0) is 27.7 Å². The first-order valence-electron chi connectivity index (χ1n) is 12.0. The van der Waals surface area contributed by atoms with Crippen molar-refractivity contribution in [1.82, 2.24) is 5.32 Å². The minimum atomic E-state index is -3.89. The number of sulfonamides is 1. The Balaban J connectivity index is 1.42. The van der Waals surface area contributed by atoms with Gasteiger partial charge in [0.15, 0.2) is 6.10 Å². The third-order valence-corrected chi connectivity index (χ3v) is 8.66. The summed E-state index contributed by atoms with van der Waals surface area (Å²) >= 11 is 0. The van der Waals surface area contributed by atoms with Crippen molar-refractivity contribution in [3.05, 3.63) is 88.5 Å². The van der Waals surface area contributed by atoms with Gasteiger partial charge in [-0.25, -0.2) is 8.42 Å². The van der Waals surface area contributed by atoms with E-state index in [1.54, 1.807) is 36.4 Å². The number of fused-ring (bicyclic) bond motifs is 2. The molecule has 1 amide bonds. The molecular weight excluding hydrogens is 460 g/mol. The number of anilines is 1. The van der Waals surface area contributed by atoms with Crippen molar-refractivity contribution in [2.24, 2.45) is 0 Å². The number of nitrogens with one attached hydrogen (secondary N) is 1. The molecule has 0 saturated carbocycles. The number of benzene rings is 3. The number of amides is 1. The number of rotatable bonds is 5. The summed E-state index contributed by atoms with van der Waals surface area (Å²) in [7, 11) is -3.89. The maximum atomic E-state index is 13.6. The summed E-state index contributed by atoms with van der Waals surface area (Å²) in [5.41, 5.74) is 6.09. The Kier molecular flexibility index (Phi) is 6.05. The second kappa shape index (κ2) is 9.04. The van der Waals surface area contributed by atoms with Crippen LogP contribution in [0, 0.1) is 13.8 Å². The molecule has 7 heteroatoms. The lowest BCUT2D eigenvalue weighted by atomic mass is 10.0. The van der Waals surface area contributed by atoms with Gasteiger partial charge in [0.1, 0.15) is 5.75 Å². The standard InChI is InChI=1S/C28H30N2O4S/c1-18-7-12-24(13-8-18)35(32,33)30-17-27(34-26-15-19(2)9-14-25(26)30)28(31)29-20(3)22-11-10-21-5-4-6-23(21)16-22/h7-16,20,27H,4-6,17H2,1-3H3,(H,29,31)/t20-,27-/m1/s1. The first-order chi connectivity index (χ1) is 16.7. The van der Waals surface area contributed by atoms with Crippen molar-refractivity contribution in [2.45, 2.75) is 57.1 Å². The van der Waals surface area contributed by atoms with E-state index in [4.69, 9.17) is 4.74 Å². The van der Waals surface area contributed by atoms with Crippen LogP contribution in [-0.4, -0.2) is 27.0 Å². The monoisotopic (exact) mass is 490 g/mol. The van der Waals surface area contributed by atoms with Crippen molar-refractivity contribution in [3.8, 4) is 5.75 Å². The molecular formula is C28H30N2O4S. The molecule has 1 aliphatic carbocycles. The van der Waals surface area contributed by atoms with Gasteiger partial charge in [-0.3, -0.25) is 9.10 Å². The molecule has 0 saturated heterocycles. The lowest BCUT2D eigenvalue weighted by Gasteiger charge is -2.35. The van der Waals surface area contributed by atoms with Crippen LogP contribution < -0.4 is 14.4 Å². The summed E-state index contributed by atoms with van der Waals surface area (Å²) in [6, 6.07) is 18.2. The third-order valence-electron chi connectivity index (χ3n) is 6.87. The second-order valence-corrected chi connectivity index (χ2v) is 11.4. The number of aryl methyl sites for hydroxylation is 4. The highest BCUT2D eigenvalue weighted by molar-refractivity contribution is 7.92. The molecule has 6 nitrogen and oxygen atoms in total. The van der Waals surface area contributed by atoms with Gasteiger partial charge in [0.25, 0.3) is 15.9 Å². The van der Waals surface area contributed by atoms with Crippen LogP contribution in [0.4, 0.5) is 5.69 Å². The van der Waals surface area contributed by atoms with Crippen molar-refractivity contribution >= 4 is 21.6 Å². The number of carbonyl (C=O) groups excluding carboxylic acids is 1. The summed E-state index contributed by atoms with van der Waals surface area (Å²) in [5.74, 6) is 0.0477.